The van der Waals surface area contributed by atoms with Crippen LogP contribution in [0.5, 0.6) is 5.75 Å². The van der Waals surface area contributed by atoms with E-state index in [-0.39, 0.29) is 16.0 Å². The number of hydrogen-bond donors (Lipinski definition) is 0. The average molecular weight is 265 g/mol. The fraction of sp³-hybridized carbons (Fsp3) is 0.600. The van der Waals surface area contributed by atoms with Crippen molar-refractivity contribution in [3.8, 4) is 5.75 Å². The van der Waals surface area contributed by atoms with Crippen LogP contribution in [0.3, 0.4) is 0 Å². The molecule has 0 N–H and O–H groups in total. The van der Waals surface area contributed by atoms with E-state index in [0.29, 0.717) is 5.75 Å². The molecule has 1 aromatic rings. The average Bonchev–Trinajstić information content (AvgIpc) is 2.15. The minimum absolute atomic E-state index is 0.0386. The molecule has 4 heteroatoms. The Morgan fingerprint density at radius 1 is 1.16 bits per heavy atom. The third kappa shape index (κ3) is 5.28. The Hall–Kier alpha value is -1.58. The molecule has 0 aromatic heterocycles. The standard InChI is InChI=1S/C15H23NO3/c1-14(2,3)10-11-7-8-13(19-15(4,5)6)12(9-11)16(17)18/h7-9H,10H2,1-6H3. The molecule has 0 aliphatic carbocycles. The van der Waals surface area contributed by atoms with Crippen LogP contribution in [0.15, 0.2) is 18.2 Å². The number of nitro groups is 1. The second-order valence-corrected chi connectivity index (χ2v) is 7.01. The zero-order valence-electron chi connectivity index (χ0n) is 12.6. The molecule has 0 saturated carbocycles. The smallest absolute Gasteiger partial charge is 0.311 e. The van der Waals surface area contributed by atoms with Crippen molar-refractivity contribution in [3.05, 3.63) is 33.9 Å². The first-order chi connectivity index (χ1) is 8.48. The van der Waals surface area contributed by atoms with Gasteiger partial charge in [-0.3, -0.25) is 10.1 Å². The van der Waals surface area contributed by atoms with Crippen LogP contribution in [-0.2, 0) is 6.42 Å². The summed E-state index contributed by atoms with van der Waals surface area (Å²) in [5.41, 5.74) is 0.647. The lowest BCUT2D eigenvalue weighted by molar-refractivity contribution is -0.386. The first-order valence-corrected chi connectivity index (χ1v) is 6.44. The molecular weight excluding hydrogens is 242 g/mol. The maximum Gasteiger partial charge on any atom is 0.311 e. The summed E-state index contributed by atoms with van der Waals surface area (Å²) in [5, 5.41) is 11.2. The van der Waals surface area contributed by atoms with E-state index >= 15 is 0 Å². The van der Waals surface area contributed by atoms with Crippen molar-refractivity contribution in [1.82, 2.24) is 0 Å². The summed E-state index contributed by atoms with van der Waals surface area (Å²) in [6.45, 7) is 12.0. The van der Waals surface area contributed by atoms with Gasteiger partial charge in [-0.1, -0.05) is 26.8 Å². The minimum atomic E-state index is -0.448. The van der Waals surface area contributed by atoms with Gasteiger partial charge in [0, 0.05) is 6.07 Å². The van der Waals surface area contributed by atoms with Crippen molar-refractivity contribution in [3.63, 3.8) is 0 Å². The zero-order valence-corrected chi connectivity index (χ0v) is 12.6. The van der Waals surface area contributed by atoms with Crippen molar-refractivity contribution in [2.45, 2.75) is 53.6 Å². The third-order valence-electron chi connectivity index (χ3n) is 2.37. The lowest BCUT2D eigenvalue weighted by atomic mass is 9.88. The fourth-order valence-electron chi connectivity index (χ4n) is 1.84. The molecule has 106 valence electrons. The molecule has 0 aliphatic heterocycles. The molecule has 1 aromatic carbocycles. The van der Waals surface area contributed by atoms with Gasteiger partial charge in [-0.25, -0.2) is 0 Å². The predicted octanol–water partition coefficient (Wildman–Crippen LogP) is 4.36. The molecule has 0 saturated heterocycles. The van der Waals surface area contributed by atoms with Gasteiger partial charge in [-0.2, -0.15) is 0 Å². The van der Waals surface area contributed by atoms with E-state index in [9.17, 15) is 10.1 Å². The number of hydrogen-bond acceptors (Lipinski definition) is 3. The van der Waals surface area contributed by atoms with E-state index in [2.05, 4.69) is 20.8 Å². The maximum atomic E-state index is 11.2. The van der Waals surface area contributed by atoms with Gasteiger partial charge in [0.25, 0.3) is 0 Å². The molecule has 0 fully saturated rings. The Morgan fingerprint density at radius 3 is 2.16 bits per heavy atom. The molecule has 19 heavy (non-hydrogen) atoms. The Morgan fingerprint density at radius 2 is 1.74 bits per heavy atom. The van der Waals surface area contributed by atoms with Crippen molar-refractivity contribution in [1.29, 1.82) is 0 Å². The molecule has 1 rings (SSSR count). The highest BCUT2D eigenvalue weighted by Gasteiger charge is 2.22. The van der Waals surface area contributed by atoms with Gasteiger partial charge in [-0.05, 0) is 44.2 Å². The summed E-state index contributed by atoms with van der Waals surface area (Å²) in [6, 6.07) is 5.22. The summed E-state index contributed by atoms with van der Waals surface area (Å²) in [4.78, 5) is 10.8. The molecule has 0 heterocycles. The normalized spacial score (nSPS) is 12.3. The maximum absolute atomic E-state index is 11.2. The van der Waals surface area contributed by atoms with Gasteiger partial charge in [0.1, 0.15) is 5.60 Å². The SMILES string of the molecule is CC(C)(C)Cc1ccc(OC(C)(C)C)c([N+](=O)[O-])c1. The Kier molecular flexibility index (Phi) is 4.23. The molecule has 0 aliphatic rings. The van der Waals surface area contributed by atoms with E-state index in [1.54, 1.807) is 12.1 Å². The van der Waals surface area contributed by atoms with E-state index in [4.69, 9.17) is 4.74 Å². The van der Waals surface area contributed by atoms with Crippen molar-refractivity contribution in [2.75, 3.05) is 0 Å². The van der Waals surface area contributed by atoms with Gasteiger partial charge in [0.2, 0.25) is 0 Å². The van der Waals surface area contributed by atoms with E-state index in [0.717, 1.165) is 12.0 Å². The summed E-state index contributed by atoms with van der Waals surface area (Å²) in [5.74, 6) is 0.329. The largest absolute Gasteiger partial charge is 0.481 e. The second-order valence-electron chi connectivity index (χ2n) is 7.01. The summed E-state index contributed by atoms with van der Waals surface area (Å²) in [6.07, 6.45) is 0.795. The van der Waals surface area contributed by atoms with Gasteiger partial charge in [0.05, 0.1) is 4.92 Å². The summed E-state index contributed by atoms with van der Waals surface area (Å²) < 4.78 is 5.64. The molecule has 0 radical (unpaired) electrons. The number of rotatable bonds is 3. The molecule has 0 bridgehead atoms. The van der Waals surface area contributed by atoms with Gasteiger partial charge < -0.3 is 4.74 Å². The first kappa shape index (κ1) is 15.5. The summed E-state index contributed by atoms with van der Waals surface area (Å²) in [7, 11) is 0. The van der Waals surface area contributed by atoms with E-state index < -0.39 is 5.60 Å². The molecule has 0 atom stereocenters. The van der Waals surface area contributed by atoms with Crippen LogP contribution in [0.2, 0.25) is 0 Å². The van der Waals surface area contributed by atoms with Gasteiger partial charge in [0.15, 0.2) is 5.75 Å². The molecule has 0 spiro atoms. The van der Waals surface area contributed by atoms with Gasteiger partial charge >= 0.3 is 5.69 Å². The lowest BCUT2D eigenvalue weighted by Gasteiger charge is -2.22. The molecule has 0 amide bonds. The monoisotopic (exact) mass is 265 g/mol. The van der Waals surface area contributed by atoms with Crippen LogP contribution in [0.25, 0.3) is 0 Å². The third-order valence-corrected chi connectivity index (χ3v) is 2.37. The van der Waals surface area contributed by atoms with Crippen molar-refractivity contribution < 1.29 is 9.66 Å². The highest BCUT2D eigenvalue weighted by atomic mass is 16.6. The van der Waals surface area contributed by atoms with E-state index in [1.807, 2.05) is 26.8 Å². The second kappa shape index (κ2) is 5.19. The minimum Gasteiger partial charge on any atom is -0.481 e. The zero-order chi connectivity index (χ0) is 14.8. The fourth-order valence-corrected chi connectivity index (χ4v) is 1.84. The quantitative estimate of drug-likeness (QED) is 0.602. The lowest BCUT2D eigenvalue weighted by Crippen LogP contribution is -2.23. The van der Waals surface area contributed by atoms with Crippen LogP contribution in [-0.4, -0.2) is 10.5 Å². The van der Waals surface area contributed by atoms with Crippen LogP contribution < -0.4 is 4.74 Å². The van der Waals surface area contributed by atoms with Gasteiger partial charge in [-0.15, -0.1) is 0 Å². The molecule has 0 unspecified atom stereocenters. The highest BCUT2D eigenvalue weighted by Crippen LogP contribution is 2.32. The van der Waals surface area contributed by atoms with Crippen molar-refractivity contribution >= 4 is 5.69 Å². The Balaban J connectivity index is 3.12. The molecule has 4 nitrogen and oxygen atoms in total. The number of nitrogens with zero attached hydrogens (tertiary/aromatic N) is 1. The van der Waals surface area contributed by atoms with Crippen LogP contribution >= 0.6 is 0 Å². The highest BCUT2D eigenvalue weighted by molar-refractivity contribution is 5.49. The topological polar surface area (TPSA) is 52.4 Å². The number of ether oxygens (including phenoxy) is 1. The molecular formula is C15H23NO3. The van der Waals surface area contributed by atoms with E-state index in [1.165, 1.54) is 0 Å². The number of benzene rings is 1. The predicted molar refractivity (Wildman–Crippen MR) is 76.6 cm³/mol. The van der Waals surface area contributed by atoms with Crippen LogP contribution in [0, 0.1) is 15.5 Å². The Labute approximate surface area is 114 Å². The Bertz CT molecular complexity index is 467. The van der Waals surface area contributed by atoms with Crippen LogP contribution in [0.1, 0.15) is 47.1 Å². The number of nitro benzene ring substituents is 1. The summed E-state index contributed by atoms with van der Waals surface area (Å²) >= 11 is 0. The van der Waals surface area contributed by atoms with Crippen molar-refractivity contribution in [2.24, 2.45) is 5.41 Å². The first-order valence-electron chi connectivity index (χ1n) is 6.44. The van der Waals surface area contributed by atoms with Crippen LogP contribution in [0.4, 0.5) is 5.69 Å².